The fraction of sp³-hybridized carbons (Fsp3) is 0.917. The van der Waals surface area contributed by atoms with Crippen molar-refractivity contribution in [3.63, 3.8) is 0 Å². The third-order valence-electron chi connectivity index (χ3n) is 3.02. The molecule has 1 unspecified atom stereocenters. The molecule has 0 aromatic rings. The van der Waals surface area contributed by atoms with E-state index in [1.807, 2.05) is 11.8 Å². The normalized spacial score (nSPS) is 21.1. The van der Waals surface area contributed by atoms with Crippen molar-refractivity contribution in [3.8, 4) is 0 Å². The Morgan fingerprint density at radius 3 is 3.06 bits per heavy atom. The van der Waals surface area contributed by atoms with Gasteiger partial charge in [-0.05, 0) is 38.6 Å². The maximum atomic E-state index is 11.8. The maximum absolute atomic E-state index is 11.8. The van der Waals surface area contributed by atoms with Gasteiger partial charge < -0.3 is 15.4 Å². The number of hydrogen-bond acceptors (Lipinski definition) is 3. The van der Waals surface area contributed by atoms with Crippen LogP contribution < -0.4 is 5.73 Å². The molecule has 0 radical (unpaired) electrons. The molecule has 1 rings (SSSR count). The van der Waals surface area contributed by atoms with E-state index in [4.69, 9.17) is 10.5 Å². The minimum atomic E-state index is 0.256. The molecule has 1 amide bonds. The molecule has 1 saturated heterocycles. The first-order chi connectivity index (χ1) is 7.77. The first-order valence-corrected chi connectivity index (χ1v) is 6.33. The van der Waals surface area contributed by atoms with Crippen LogP contribution in [0.3, 0.4) is 0 Å². The molecule has 0 bridgehead atoms. The van der Waals surface area contributed by atoms with Gasteiger partial charge in [-0.15, -0.1) is 0 Å². The van der Waals surface area contributed by atoms with Gasteiger partial charge in [-0.3, -0.25) is 4.79 Å². The molecule has 16 heavy (non-hydrogen) atoms. The van der Waals surface area contributed by atoms with Crippen LogP contribution in [0.15, 0.2) is 0 Å². The zero-order chi connectivity index (χ0) is 11.8. The highest BCUT2D eigenvalue weighted by molar-refractivity contribution is 5.76. The topological polar surface area (TPSA) is 55.6 Å². The highest BCUT2D eigenvalue weighted by Crippen LogP contribution is 2.17. The summed E-state index contributed by atoms with van der Waals surface area (Å²) in [6, 6.07) is 0. The first-order valence-electron chi connectivity index (χ1n) is 6.33. The van der Waals surface area contributed by atoms with E-state index in [1.54, 1.807) is 0 Å². The number of carbonyl (C=O) groups is 1. The summed E-state index contributed by atoms with van der Waals surface area (Å²) in [5.74, 6) is 0.780. The minimum Gasteiger partial charge on any atom is -0.381 e. The molecule has 0 spiro atoms. The average molecular weight is 228 g/mol. The molecular weight excluding hydrogens is 204 g/mol. The summed E-state index contributed by atoms with van der Waals surface area (Å²) in [6.07, 6.45) is 3.68. The number of rotatable bonds is 6. The summed E-state index contributed by atoms with van der Waals surface area (Å²) in [5, 5.41) is 0. The summed E-state index contributed by atoms with van der Waals surface area (Å²) < 4.78 is 5.42. The highest BCUT2D eigenvalue weighted by atomic mass is 16.5. The molecule has 1 atom stereocenters. The van der Waals surface area contributed by atoms with Gasteiger partial charge in [0, 0.05) is 26.1 Å². The minimum absolute atomic E-state index is 0.256. The number of nitrogens with zero attached hydrogens (tertiary/aromatic N) is 1. The Labute approximate surface area is 98.1 Å². The van der Waals surface area contributed by atoms with Crippen LogP contribution in [0.2, 0.25) is 0 Å². The lowest BCUT2D eigenvalue weighted by molar-refractivity contribution is -0.133. The van der Waals surface area contributed by atoms with Crippen LogP contribution in [-0.4, -0.2) is 43.7 Å². The zero-order valence-electron chi connectivity index (χ0n) is 10.3. The zero-order valence-corrected chi connectivity index (χ0v) is 10.3. The summed E-state index contributed by atoms with van der Waals surface area (Å²) in [6.45, 7) is 5.93. The van der Waals surface area contributed by atoms with Crippen LogP contribution in [0.5, 0.6) is 0 Å². The lowest BCUT2D eigenvalue weighted by atomic mass is 9.98. The Morgan fingerprint density at radius 1 is 1.56 bits per heavy atom. The van der Waals surface area contributed by atoms with Crippen LogP contribution >= 0.6 is 0 Å². The van der Waals surface area contributed by atoms with E-state index < -0.39 is 0 Å². The van der Waals surface area contributed by atoms with Crippen molar-refractivity contribution in [1.29, 1.82) is 0 Å². The Bertz CT molecular complexity index is 209. The number of nitrogens with two attached hydrogens (primary N) is 1. The number of carbonyl (C=O) groups excluding carboxylic acids is 1. The fourth-order valence-corrected chi connectivity index (χ4v) is 2.12. The number of amides is 1. The Morgan fingerprint density at radius 2 is 2.38 bits per heavy atom. The summed E-state index contributed by atoms with van der Waals surface area (Å²) in [7, 11) is 0. The number of likely N-dealkylation sites (tertiary alicyclic amines) is 1. The molecule has 1 fully saturated rings. The molecule has 4 heteroatoms. The standard InChI is InChI=1S/C12H24N2O2/c1-2-16-10-11-5-4-8-14(9-11)12(15)6-3-7-13/h11H,2-10,13H2,1H3. The Balaban J connectivity index is 2.28. The number of hydrogen-bond donors (Lipinski definition) is 1. The summed E-state index contributed by atoms with van der Waals surface area (Å²) in [4.78, 5) is 13.8. The molecule has 2 N–H and O–H groups in total. The fourth-order valence-electron chi connectivity index (χ4n) is 2.12. The lowest BCUT2D eigenvalue weighted by Gasteiger charge is -2.32. The monoisotopic (exact) mass is 228 g/mol. The molecule has 0 aliphatic carbocycles. The molecule has 1 heterocycles. The maximum Gasteiger partial charge on any atom is 0.222 e. The second-order valence-electron chi connectivity index (χ2n) is 4.40. The van der Waals surface area contributed by atoms with E-state index in [1.165, 1.54) is 6.42 Å². The van der Waals surface area contributed by atoms with Crippen LogP contribution in [0.25, 0.3) is 0 Å². The van der Waals surface area contributed by atoms with E-state index in [0.29, 0.717) is 18.9 Å². The largest absolute Gasteiger partial charge is 0.381 e. The number of piperidine rings is 1. The van der Waals surface area contributed by atoms with E-state index in [9.17, 15) is 4.79 Å². The van der Waals surface area contributed by atoms with Crippen molar-refractivity contribution in [2.45, 2.75) is 32.6 Å². The van der Waals surface area contributed by atoms with Gasteiger partial charge in [0.1, 0.15) is 0 Å². The predicted molar refractivity (Wildman–Crippen MR) is 64.1 cm³/mol. The molecule has 0 saturated carbocycles. The van der Waals surface area contributed by atoms with E-state index >= 15 is 0 Å². The summed E-state index contributed by atoms with van der Waals surface area (Å²) >= 11 is 0. The van der Waals surface area contributed by atoms with Crippen LogP contribution in [0.1, 0.15) is 32.6 Å². The molecular formula is C12H24N2O2. The van der Waals surface area contributed by atoms with Gasteiger partial charge in [0.25, 0.3) is 0 Å². The van der Waals surface area contributed by atoms with Crippen molar-refractivity contribution in [2.75, 3.05) is 32.8 Å². The van der Waals surface area contributed by atoms with Gasteiger partial charge in [0.15, 0.2) is 0 Å². The van der Waals surface area contributed by atoms with Gasteiger partial charge >= 0.3 is 0 Å². The van der Waals surface area contributed by atoms with E-state index in [-0.39, 0.29) is 5.91 Å². The molecule has 4 nitrogen and oxygen atoms in total. The Hall–Kier alpha value is -0.610. The second-order valence-corrected chi connectivity index (χ2v) is 4.40. The Kier molecular flexibility index (Phi) is 6.42. The van der Waals surface area contributed by atoms with Gasteiger partial charge in [0.05, 0.1) is 6.61 Å². The van der Waals surface area contributed by atoms with Crippen molar-refractivity contribution >= 4 is 5.91 Å². The number of ether oxygens (including phenoxy) is 1. The van der Waals surface area contributed by atoms with Crippen LogP contribution in [0, 0.1) is 5.92 Å². The van der Waals surface area contributed by atoms with Crippen LogP contribution in [-0.2, 0) is 9.53 Å². The van der Waals surface area contributed by atoms with Gasteiger partial charge in [-0.1, -0.05) is 0 Å². The van der Waals surface area contributed by atoms with Gasteiger partial charge in [0.2, 0.25) is 5.91 Å². The SMILES string of the molecule is CCOCC1CCCN(C(=O)CCCN)C1. The average Bonchev–Trinajstić information content (AvgIpc) is 2.33. The lowest BCUT2D eigenvalue weighted by Crippen LogP contribution is -2.41. The molecule has 1 aliphatic rings. The molecule has 1 aliphatic heterocycles. The smallest absolute Gasteiger partial charge is 0.222 e. The third-order valence-corrected chi connectivity index (χ3v) is 3.02. The molecule has 94 valence electrons. The second kappa shape index (κ2) is 7.63. The molecule has 0 aromatic heterocycles. The predicted octanol–water partition coefficient (Wildman–Crippen LogP) is 1.00. The van der Waals surface area contributed by atoms with Crippen molar-refractivity contribution in [3.05, 3.63) is 0 Å². The highest BCUT2D eigenvalue weighted by Gasteiger charge is 2.22. The summed E-state index contributed by atoms with van der Waals surface area (Å²) in [5.41, 5.74) is 5.41. The van der Waals surface area contributed by atoms with Crippen molar-refractivity contribution in [2.24, 2.45) is 11.7 Å². The van der Waals surface area contributed by atoms with Gasteiger partial charge in [-0.2, -0.15) is 0 Å². The van der Waals surface area contributed by atoms with E-state index in [0.717, 1.165) is 39.1 Å². The first kappa shape index (κ1) is 13.5. The van der Waals surface area contributed by atoms with Crippen molar-refractivity contribution < 1.29 is 9.53 Å². The third kappa shape index (κ3) is 4.49. The quantitative estimate of drug-likeness (QED) is 0.738. The van der Waals surface area contributed by atoms with Gasteiger partial charge in [-0.25, -0.2) is 0 Å². The van der Waals surface area contributed by atoms with E-state index in [2.05, 4.69) is 0 Å². The molecule has 0 aromatic carbocycles. The van der Waals surface area contributed by atoms with Crippen LogP contribution in [0.4, 0.5) is 0 Å². The van der Waals surface area contributed by atoms with Crippen molar-refractivity contribution in [1.82, 2.24) is 4.90 Å².